The van der Waals surface area contributed by atoms with Crippen molar-refractivity contribution >= 4 is 92.9 Å². The van der Waals surface area contributed by atoms with Gasteiger partial charge in [0.25, 0.3) is 23.6 Å². The average molecular weight is 1710 g/mol. The minimum atomic E-state index is -0.394. The van der Waals surface area contributed by atoms with Crippen molar-refractivity contribution in [3.8, 4) is 46.0 Å². The molecule has 0 saturated carbocycles. The first-order valence-electron chi connectivity index (χ1n) is 42.3. The van der Waals surface area contributed by atoms with Gasteiger partial charge in [0.2, 0.25) is 27.2 Å². The average Bonchev–Trinajstić information content (AvgIpc) is 0.785. The van der Waals surface area contributed by atoms with E-state index in [1.165, 1.54) is 0 Å². The number of carbonyl (C=O) groups is 4. The Morgan fingerprint density at radius 3 is 0.658 bits per heavy atom. The summed E-state index contributed by atoms with van der Waals surface area (Å²) in [6.07, 6.45) is 15.2. The Kier molecular flexibility index (Phi) is 37.5. The number of hydrogen-bond acceptors (Lipinski definition) is 16. The monoisotopic (exact) mass is 1700 g/mol. The summed E-state index contributed by atoms with van der Waals surface area (Å²) in [7, 11) is 0. The molecule has 8 aromatic rings. The first-order valence-corrected chi connectivity index (χ1v) is 43.9. The summed E-state index contributed by atoms with van der Waals surface area (Å²) in [5.41, 5.74) is 10.5. The van der Waals surface area contributed by atoms with Gasteiger partial charge in [0, 0.05) is 48.4 Å². The van der Waals surface area contributed by atoms with Gasteiger partial charge >= 0.3 is 0 Å². The molecular formula is C96H120N8O12S4. The lowest BCUT2D eigenvalue weighted by atomic mass is 9.90. The third-order valence-corrected chi connectivity index (χ3v) is 22.6. The minimum Gasteiger partial charge on any atom is -0.457 e. The predicted molar refractivity (Wildman–Crippen MR) is 493 cm³/mol. The molecule has 8 aromatic carbocycles. The number of nitrogens with one attached hydrogen (secondary N) is 8. The summed E-state index contributed by atoms with van der Waals surface area (Å²) in [5, 5.41) is 25.2. The molecule has 24 heteroatoms. The fourth-order valence-corrected chi connectivity index (χ4v) is 15.7. The van der Waals surface area contributed by atoms with Gasteiger partial charge in [-0.3, -0.25) is 40.4 Å². The van der Waals surface area contributed by atoms with Crippen LogP contribution in [0.15, 0.2) is 146 Å². The second-order valence-corrected chi connectivity index (χ2v) is 32.5. The number of carbonyl (C=O) groups excluding carboxylic acids is 4. The van der Waals surface area contributed by atoms with Crippen molar-refractivity contribution in [2.45, 2.75) is 236 Å². The van der Waals surface area contributed by atoms with E-state index in [0.717, 1.165) is 147 Å². The molecule has 0 aliphatic carbocycles. The summed E-state index contributed by atoms with van der Waals surface area (Å²) in [6.45, 7) is 24.0. The van der Waals surface area contributed by atoms with E-state index in [-0.39, 0.29) is 97.5 Å². The van der Waals surface area contributed by atoms with Gasteiger partial charge in [0.1, 0.15) is 46.0 Å². The van der Waals surface area contributed by atoms with E-state index in [0.29, 0.717) is 90.5 Å². The normalized spacial score (nSPS) is 13.0. The van der Waals surface area contributed by atoms with Gasteiger partial charge in [-0.05, 0) is 243 Å². The molecule has 0 radical (unpaired) electrons. The number of aryl methyl sites for hydroxylation is 4. The smallest absolute Gasteiger partial charge is 0.257 e. The molecule has 0 saturated heterocycles. The molecule has 0 fully saturated rings. The summed E-state index contributed by atoms with van der Waals surface area (Å²) in [5.74, 6) is 1.69. The maximum atomic E-state index is 13.8. The highest BCUT2D eigenvalue weighted by Crippen LogP contribution is 2.47. The van der Waals surface area contributed by atoms with Crippen molar-refractivity contribution in [2.75, 3.05) is 27.2 Å². The quantitative estimate of drug-likeness (QED) is 0.0144. The second-order valence-electron chi connectivity index (χ2n) is 30.9. The van der Waals surface area contributed by atoms with Crippen LogP contribution >= 0.6 is 48.9 Å². The van der Waals surface area contributed by atoms with Crippen LogP contribution in [0, 0.1) is 27.7 Å². The molecule has 4 atom stereocenters. The Labute approximate surface area is 731 Å². The molecule has 1 heterocycles. The van der Waals surface area contributed by atoms with Gasteiger partial charge in [-0.2, -0.15) is 0 Å². The van der Waals surface area contributed by atoms with Crippen LogP contribution in [-0.4, -0.2) is 71.3 Å². The molecule has 4 unspecified atom stereocenters. The lowest BCUT2D eigenvalue weighted by Gasteiger charge is -2.28. The van der Waals surface area contributed by atoms with Crippen molar-refractivity contribution < 1.29 is 57.1 Å². The number of hydrogen-bond donors (Lipinski definition) is 8. The van der Waals surface area contributed by atoms with Gasteiger partial charge in [-0.25, -0.2) is 0 Å². The van der Waals surface area contributed by atoms with E-state index in [1.807, 2.05) is 52.0 Å². The highest BCUT2D eigenvalue weighted by molar-refractivity contribution is 7.80. The molecule has 20 nitrogen and oxygen atoms in total. The lowest BCUT2D eigenvalue weighted by molar-refractivity contribution is 0.0968. The van der Waals surface area contributed by atoms with Crippen molar-refractivity contribution in [2.24, 2.45) is 0 Å². The number of ether oxygens (including phenoxy) is 8. The SMILES string of the molecule is CCCCCC(C)c1cc(C)c2c(CNC(=S)NC(=O)c3ccccc3)c1OCOc1c(C)cc(C(C)CCCCC)c(c1CNC(=S)NC(=O)c1ccccc1)OCOc1c(C)cc(C(C)CCCCC)c(c1CNC(=S)NC(=O)c1ccccc1)OCOc1c(C)cc(C(C)CCCCC)c(c1CNC(=S)NC(=O)c1ccccc1)OCO2. The fraction of sp³-hybridized carbons (Fsp3) is 0.417. The number of thiocarbonyl (C=S) groups is 4. The van der Waals surface area contributed by atoms with E-state index < -0.39 is 23.6 Å². The Hall–Kier alpha value is -10.4. The first kappa shape index (κ1) is 93.5. The summed E-state index contributed by atoms with van der Waals surface area (Å²) in [6, 6.07) is 43.8. The number of unbranched alkanes of at least 4 members (excludes halogenated alkanes) is 8. The molecule has 4 amide bonds. The molecule has 640 valence electrons. The minimum absolute atomic E-state index is 0.00251. The van der Waals surface area contributed by atoms with Crippen LogP contribution < -0.4 is 80.4 Å². The lowest BCUT2D eigenvalue weighted by Crippen LogP contribution is -2.39. The zero-order chi connectivity index (χ0) is 86.0. The Morgan fingerprint density at radius 2 is 0.475 bits per heavy atom. The molecule has 1 aliphatic heterocycles. The third kappa shape index (κ3) is 26.8. The molecule has 8 N–H and O–H groups in total. The number of amides is 4. The van der Waals surface area contributed by atoms with Gasteiger partial charge < -0.3 is 59.2 Å². The predicted octanol–water partition coefficient (Wildman–Crippen LogP) is 20.8. The van der Waals surface area contributed by atoms with E-state index in [1.54, 1.807) is 97.1 Å². The van der Waals surface area contributed by atoms with E-state index in [4.69, 9.17) is 86.8 Å². The van der Waals surface area contributed by atoms with Crippen molar-refractivity contribution in [1.82, 2.24) is 42.5 Å². The van der Waals surface area contributed by atoms with E-state index >= 15 is 0 Å². The topological polar surface area (TPSA) is 238 Å². The first-order chi connectivity index (χ1) is 58.0. The molecule has 1 aliphatic rings. The third-order valence-electron chi connectivity index (χ3n) is 21.6. The van der Waals surface area contributed by atoms with Crippen LogP contribution in [0.4, 0.5) is 0 Å². The van der Waals surface area contributed by atoms with Gasteiger partial charge in [0.05, 0.1) is 22.3 Å². The molecule has 9 rings (SSSR count). The Morgan fingerprint density at radius 1 is 0.292 bits per heavy atom. The van der Waals surface area contributed by atoms with E-state index in [9.17, 15) is 19.2 Å². The zero-order valence-corrected chi connectivity index (χ0v) is 74.9. The van der Waals surface area contributed by atoms with Crippen LogP contribution in [0.1, 0.15) is 290 Å². The molecule has 0 spiro atoms. The standard InChI is InChI=1S/C96H120N8O12S4/c1-13-17-25-37-61(5)73-49-65(9)81-77(53-97-93(117)101-89(105)69-41-29-21-30-42-69)85(73)113-57-109-82-66(10)50-74(62(6)38-26-18-14-2)86(78(82)54-98-94(118)102-90(106)70-43-31-22-32-44-70)115-59-111-84-68(12)52-76(64(8)40-28-20-16-4)88(80(84)56-100-96(120)104-92(108)72-47-35-24-36-48-72)116-60-112-83-67(11)51-75(63(7)39-27-19-15-3)87(114-58-110-81)79(83)55-99-95(119)103-91(107)71-45-33-23-34-46-71/h21-24,29-36,41-52,61-64H,13-20,25-28,37-40,53-60H2,1-12H3,(H2,97,101,105,117)(H2,98,102,106,118)(H2,99,103,107,119)(H2,100,104,108,120). The maximum Gasteiger partial charge on any atom is 0.257 e. The summed E-state index contributed by atoms with van der Waals surface area (Å²) >= 11 is 23.9. The maximum absolute atomic E-state index is 13.8. The van der Waals surface area contributed by atoms with Crippen molar-refractivity contribution in [3.63, 3.8) is 0 Å². The van der Waals surface area contributed by atoms with Crippen LogP contribution in [-0.2, 0) is 26.2 Å². The van der Waals surface area contributed by atoms with Gasteiger partial charge in [0.15, 0.2) is 20.4 Å². The van der Waals surface area contributed by atoms with Crippen LogP contribution in [0.5, 0.6) is 46.0 Å². The fourth-order valence-electron chi connectivity index (χ4n) is 15.0. The van der Waals surface area contributed by atoms with Crippen molar-refractivity contribution in [1.29, 1.82) is 0 Å². The molecule has 8 bridgehead atoms. The number of benzene rings is 8. The highest BCUT2D eigenvalue weighted by Gasteiger charge is 2.31. The number of fused-ring (bicyclic) bond motifs is 8. The molecular weight excluding hydrogens is 1590 g/mol. The van der Waals surface area contributed by atoms with Gasteiger partial charge in [-0.1, -0.05) is 205 Å². The van der Waals surface area contributed by atoms with Crippen LogP contribution in [0.2, 0.25) is 0 Å². The zero-order valence-electron chi connectivity index (χ0n) is 71.7. The molecule has 120 heavy (non-hydrogen) atoms. The highest BCUT2D eigenvalue weighted by atomic mass is 32.1. The van der Waals surface area contributed by atoms with Crippen LogP contribution in [0.25, 0.3) is 0 Å². The molecule has 0 aromatic heterocycles. The van der Waals surface area contributed by atoms with Gasteiger partial charge in [-0.15, -0.1) is 0 Å². The largest absolute Gasteiger partial charge is 0.457 e. The summed E-state index contributed by atoms with van der Waals surface area (Å²) in [4.78, 5) is 55.3. The Bertz CT molecular complexity index is 4190. The Balaban J connectivity index is 1.28. The van der Waals surface area contributed by atoms with Crippen molar-refractivity contribution in [3.05, 3.63) is 235 Å². The summed E-state index contributed by atoms with van der Waals surface area (Å²) < 4.78 is 57.7. The second kappa shape index (κ2) is 48.1. The van der Waals surface area contributed by atoms with Crippen LogP contribution in [0.3, 0.4) is 0 Å². The number of rotatable bonds is 32. The van der Waals surface area contributed by atoms with E-state index in [2.05, 4.69) is 122 Å².